The van der Waals surface area contributed by atoms with Gasteiger partial charge in [-0.2, -0.15) is 0 Å². The van der Waals surface area contributed by atoms with E-state index in [1.807, 2.05) is 10.6 Å². The van der Waals surface area contributed by atoms with Crippen molar-refractivity contribution in [3.63, 3.8) is 0 Å². The summed E-state index contributed by atoms with van der Waals surface area (Å²) in [5, 5.41) is 0.839. The van der Waals surface area contributed by atoms with Gasteiger partial charge >= 0.3 is 0 Å². The second-order valence-corrected chi connectivity index (χ2v) is 4.03. The van der Waals surface area contributed by atoms with Crippen molar-refractivity contribution in [2.24, 2.45) is 0 Å². The van der Waals surface area contributed by atoms with E-state index in [1.54, 1.807) is 31.0 Å². The predicted octanol–water partition coefficient (Wildman–Crippen LogP) is 1.41. The summed E-state index contributed by atoms with van der Waals surface area (Å²) >= 11 is 0. The van der Waals surface area contributed by atoms with Gasteiger partial charge in [-0.25, -0.2) is 4.98 Å². The van der Waals surface area contributed by atoms with Crippen LogP contribution in [-0.2, 0) is 0 Å². The fraction of sp³-hybridized carbons (Fsp3) is 0. The Kier molecular flexibility index (Phi) is 1.62. The van der Waals surface area contributed by atoms with Gasteiger partial charge < -0.3 is 5.73 Å². The van der Waals surface area contributed by atoms with E-state index in [-0.39, 0.29) is 0 Å². The molecule has 18 heavy (non-hydrogen) atoms. The van der Waals surface area contributed by atoms with E-state index in [0.29, 0.717) is 5.69 Å². The minimum atomic E-state index is 0.585. The molecule has 0 aliphatic heterocycles. The number of hydrogen-bond donors (Lipinski definition) is 1. The van der Waals surface area contributed by atoms with Crippen LogP contribution in [0.15, 0.2) is 37.2 Å². The molecule has 4 rings (SSSR count). The van der Waals surface area contributed by atoms with E-state index in [1.165, 1.54) is 0 Å². The molecule has 0 unspecified atom stereocenters. The van der Waals surface area contributed by atoms with Crippen molar-refractivity contribution in [1.82, 2.24) is 24.3 Å². The SMILES string of the molecule is Nc1cncc2ncc3c(nc4cnccn43)c12. The number of nitrogen functional groups attached to an aromatic ring is 1. The summed E-state index contributed by atoms with van der Waals surface area (Å²) in [5.74, 6) is 0. The zero-order valence-electron chi connectivity index (χ0n) is 9.28. The van der Waals surface area contributed by atoms with Gasteiger partial charge in [0.1, 0.15) is 5.52 Å². The van der Waals surface area contributed by atoms with Gasteiger partial charge in [0.2, 0.25) is 0 Å². The maximum absolute atomic E-state index is 5.98. The molecule has 4 heterocycles. The van der Waals surface area contributed by atoms with E-state index < -0.39 is 0 Å². The lowest BCUT2D eigenvalue weighted by atomic mass is 10.2. The van der Waals surface area contributed by atoms with Crippen molar-refractivity contribution in [1.29, 1.82) is 0 Å². The molecule has 0 spiro atoms. The van der Waals surface area contributed by atoms with Gasteiger partial charge in [0.15, 0.2) is 5.65 Å². The average Bonchev–Trinajstić information content (AvgIpc) is 2.77. The minimum Gasteiger partial charge on any atom is -0.397 e. The maximum Gasteiger partial charge on any atom is 0.156 e. The van der Waals surface area contributed by atoms with E-state index in [2.05, 4.69) is 19.9 Å². The van der Waals surface area contributed by atoms with Crippen molar-refractivity contribution in [3.8, 4) is 0 Å². The molecule has 0 atom stereocenters. The van der Waals surface area contributed by atoms with Crippen molar-refractivity contribution in [3.05, 3.63) is 37.2 Å². The van der Waals surface area contributed by atoms with Crippen LogP contribution in [0.5, 0.6) is 0 Å². The van der Waals surface area contributed by atoms with Crippen molar-refractivity contribution in [2.45, 2.75) is 0 Å². The molecule has 6 nitrogen and oxygen atoms in total. The quantitative estimate of drug-likeness (QED) is 0.499. The minimum absolute atomic E-state index is 0.585. The molecule has 4 aromatic rings. The van der Waals surface area contributed by atoms with Gasteiger partial charge in [-0.05, 0) is 0 Å². The molecule has 0 fully saturated rings. The van der Waals surface area contributed by atoms with Gasteiger partial charge in [-0.3, -0.25) is 19.4 Å². The van der Waals surface area contributed by atoms with E-state index in [0.717, 1.165) is 27.6 Å². The monoisotopic (exact) mass is 236 g/mol. The van der Waals surface area contributed by atoms with E-state index in [9.17, 15) is 0 Å². The van der Waals surface area contributed by atoms with Crippen molar-refractivity contribution >= 4 is 33.3 Å². The number of aromatic nitrogens is 5. The Morgan fingerprint density at radius 3 is 2.94 bits per heavy atom. The summed E-state index contributed by atoms with van der Waals surface area (Å²) in [4.78, 5) is 17.0. The van der Waals surface area contributed by atoms with Gasteiger partial charge in [-0.1, -0.05) is 0 Å². The van der Waals surface area contributed by atoms with Crippen LogP contribution < -0.4 is 5.73 Å². The van der Waals surface area contributed by atoms with Crippen molar-refractivity contribution in [2.75, 3.05) is 5.73 Å². The van der Waals surface area contributed by atoms with E-state index in [4.69, 9.17) is 5.73 Å². The first-order valence-corrected chi connectivity index (χ1v) is 5.44. The smallest absolute Gasteiger partial charge is 0.156 e. The Hall–Kier alpha value is -2.76. The molecule has 0 aliphatic carbocycles. The lowest BCUT2D eigenvalue weighted by molar-refractivity contribution is 1.15. The van der Waals surface area contributed by atoms with Crippen LogP contribution in [0, 0.1) is 0 Å². The number of pyridine rings is 2. The Morgan fingerprint density at radius 2 is 2.00 bits per heavy atom. The number of nitrogens with two attached hydrogens (primary N) is 1. The fourth-order valence-corrected chi connectivity index (χ4v) is 2.18. The molecule has 0 bridgehead atoms. The highest BCUT2D eigenvalue weighted by Crippen LogP contribution is 2.27. The molecule has 2 N–H and O–H groups in total. The summed E-state index contributed by atoms with van der Waals surface area (Å²) < 4.78 is 1.94. The summed E-state index contributed by atoms with van der Waals surface area (Å²) in [7, 11) is 0. The Labute approximate surface area is 101 Å². The molecule has 0 aliphatic rings. The third-order valence-corrected chi connectivity index (χ3v) is 2.99. The molecular formula is C12H8N6. The van der Waals surface area contributed by atoms with E-state index >= 15 is 0 Å². The predicted molar refractivity (Wildman–Crippen MR) is 68.0 cm³/mol. The third kappa shape index (κ3) is 1.06. The second kappa shape index (κ2) is 3.13. The Morgan fingerprint density at radius 1 is 1.06 bits per heavy atom. The summed E-state index contributed by atoms with van der Waals surface area (Å²) in [6, 6.07) is 0. The molecule has 0 aromatic carbocycles. The number of imidazole rings is 1. The van der Waals surface area contributed by atoms with Crippen LogP contribution in [0.3, 0.4) is 0 Å². The summed E-state index contributed by atoms with van der Waals surface area (Å²) in [5.41, 5.74) is 9.83. The van der Waals surface area contributed by atoms with Crippen LogP contribution in [-0.4, -0.2) is 24.3 Å². The lowest BCUT2D eigenvalue weighted by Crippen LogP contribution is -1.91. The second-order valence-electron chi connectivity index (χ2n) is 4.03. The van der Waals surface area contributed by atoms with Gasteiger partial charge in [0.25, 0.3) is 0 Å². The number of anilines is 1. The molecule has 0 saturated heterocycles. The Balaban J connectivity index is 2.35. The molecule has 0 saturated carbocycles. The third-order valence-electron chi connectivity index (χ3n) is 2.99. The van der Waals surface area contributed by atoms with Crippen LogP contribution in [0.4, 0.5) is 5.69 Å². The van der Waals surface area contributed by atoms with Crippen LogP contribution in [0.1, 0.15) is 0 Å². The first-order valence-electron chi connectivity index (χ1n) is 5.44. The van der Waals surface area contributed by atoms with Gasteiger partial charge in [-0.15, -0.1) is 0 Å². The lowest BCUT2D eigenvalue weighted by Gasteiger charge is -2.00. The summed E-state index contributed by atoms with van der Waals surface area (Å²) in [6.45, 7) is 0. The van der Waals surface area contributed by atoms with Gasteiger partial charge in [0, 0.05) is 12.4 Å². The first kappa shape index (κ1) is 9.29. The highest BCUT2D eigenvalue weighted by Gasteiger charge is 2.11. The van der Waals surface area contributed by atoms with Crippen LogP contribution in [0.25, 0.3) is 27.6 Å². The number of rotatable bonds is 0. The number of hydrogen-bond acceptors (Lipinski definition) is 5. The number of nitrogens with zero attached hydrogens (tertiary/aromatic N) is 5. The normalized spacial score (nSPS) is 11.6. The molecule has 0 radical (unpaired) electrons. The summed E-state index contributed by atoms with van der Waals surface area (Å²) in [6.07, 6.45) is 10.4. The van der Waals surface area contributed by atoms with Crippen LogP contribution in [0.2, 0.25) is 0 Å². The topological polar surface area (TPSA) is 82.0 Å². The first-order chi connectivity index (χ1) is 8.84. The number of fused-ring (bicyclic) bond motifs is 5. The zero-order chi connectivity index (χ0) is 12.1. The highest BCUT2D eigenvalue weighted by molar-refractivity contribution is 6.08. The maximum atomic E-state index is 5.98. The molecule has 86 valence electrons. The highest BCUT2D eigenvalue weighted by atomic mass is 15.0. The molecule has 4 aromatic heterocycles. The molecule has 0 amide bonds. The standard InChI is InChI=1S/C12H8N6/c13-7-3-15-4-8-11(7)12-9(5-16-8)18-2-1-14-6-10(18)17-12/h1-6H,13H2. The molecule has 6 heteroatoms. The van der Waals surface area contributed by atoms with Gasteiger partial charge in [0.05, 0.1) is 46.9 Å². The fourth-order valence-electron chi connectivity index (χ4n) is 2.18. The molecular weight excluding hydrogens is 228 g/mol. The zero-order valence-corrected chi connectivity index (χ0v) is 9.28. The van der Waals surface area contributed by atoms with Crippen LogP contribution >= 0.6 is 0 Å². The van der Waals surface area contributed by atoms with Crippen molar-refractivity contribution < 1.29 is 0 Å². The Bertz CT molecular complexity index is 895. The average molecular weight is 236 g/mol. The largest absolute Gasteiger partial charge is 0.397 e.